The van der Waals surface area contributed by atoms with Crippen LogP contribution in [0.1, 0.15) is 17.7 Å². The van der Waals surface area contributed by atoms with Crippen molar-refractivity contribution >= 4 is 17.2 Å². The number of carbonyl (C=O) groups excluding carboxylic acids is 1. The zero-order valence-corrected chi connectivity index (χ0v) is 10.6. The molecule has 1 aromatic heterocycles. The third-order valence-corrected chi connectivity index (χ3v) is 4.93. The maximum absolute atomic E-state index is 12.2. The van der Waals surface area contributed by atoms with Crippen LogP contribution < -0.4 is 10.6 Å². The van der Waals surface area contributed by atoms with Crippen LogP contribution >= 0.6 is 11.3 Å². The van der Waals surface area contributed by atoms with Gasteiger partial charge in [0, 0.05) is 10.8 Å². The Kier molecular flexibility index (Phi) is 3.16. The standard InChI is InChI=1S/C13H18N2OS/c16-13(15-8-11-2-1-5-17-11)12-9-3-4-10(12)7-14-6-9/h1-2,5,9-10,12,14H,3-4,6-8H2,(H,15,16)/t9-,10-/m0/s1. The highest BCUT2D eigenvalue weighted by atomic mass is 32.1. The number of hydrogen-bond acceptors (Lipinski definition) is 3. The van der Waals surface area contributed by atoms with Crippen LogP contribution in [-0.2, 0) is 11.3 Å². The van der Waals surface area contributed by atoms with Crippen LogP contribution in [0.15, 0.2) is 17.5 Å². The summed E-state index contributed by atoms with van der Waals surface area (Å²) in [7, 11) is 0. The van der Waals surface area contributed by atoms with Gasteiger partial charge in [-0.1, -0.05) is 6.07 Å². The first-order chi connectivity index (χ1) is 8.34. The van der Waals surface area contributed by atoms with Gasteiger partial charge < -0.3 is 10.6 Å². The predicted molar refractivity (Wildman–Crippen MR) is 68.7 cm³/mol. The van der Waals surface area contributed by atoms with Crippen molar-refractivity contribution in [3.8, 4) is 0 Å². The lowest BCUT2D eigenvalue weighted by Crippen LogP contribution is -2.45. The van der Waals surface area contributed by atoms with Crippen LogP contribution in [0.4, 0.5) is 0 Å². The molecular weight excluding hydrogens is 232 g/mol. The van der Waals surface area contributed by atoms with E-state index in [0.717, 1.165) is 13.1 Å². The van der Waals surface area contributed by atoms with Gasteiger partial charge in [-0.05, 0) is 49.2 Å². The number of thiophene rings is 1. The van der Waals surface area contributed by atoms with E-state index >= 15 is 0 Å². The summed E-state index contributed by atoms with van der Waals surface area (Å²) in [5, 5.41) is 8.57. The van der Waals surface area contributed by atoms with Crippen LogP contribution in [0.2, 0.25) is 0 Å². The highest BCUT2D eigenvalue weighted by molar-refractivity contribution is 7.09. The fourth-order valence-corrected chi connectivity index (χ4v) is 3.86. The van der Waals surface area contributed by atoms with Crippen molar-refractivity contribution in [3.05, 3.63) is 22.4 Å². The van der Waals surface area contributed by atoms with E-state index in [0.29, 0.717) is 18.4 Å². The van der Waals surface area contributed by atoms with Gasteiger partial charge in [0.15, 0.2) is 0 Å². The summed E-state index contributed by atoms with van der Waals surface area (Å²) in [6.07, 6.45) is 2.43. The van der Waals surface area contributed by atoms with Crippen LogP contribution in [0.5, 0.6) is 0 Å². The second kappa shape index (κ2) is 4.78. The number of fused-ring (bicyclic) bond motifs is 2. The van der Waals surface area contributed by atoms with E-state index < -0.39 is 0 Å². The molecule has 2 N–H and O–H groups in total. The monoisotopic (exact) mass is 250 g/mol. The van der Waals surface area contributed by atoms with E-state index in [4.69, 9.17) is 0 Å². The smallest absolute Gasteiger partial charge is 0.224 e. The molecular formula is C13H18N2OS. The lowest BCUT2D eigenvalue weighted by atomic mass is 9.85. The predicted octanol–water partition coefficient (Wildman–Crippen LogP) is 1.61. The SMILES string of the molecule is O=C(NCc1cccs1)C1[C@H]2CC[C@H]1CNC2. The third-order valence-electron chi connectivity index (χ3n) is 4.06. The molecule has 1 saturated heterocycles. The van der Waals surface area contributed by atoms with E-state index in [9.17, 15) is 4.79 Å². The molecule has 3 nitrogen and oxygen atoms in total. The van der Waals surface area contributed by atoms with Crippen LogP contribution in [0.3, 0.4) is 0 Å². The Hall–Kier alpha value is -0.870. The number of nitrogens with one attached hydrogen (secondary N) is 2. The van der Waals surface area contributed by atoms with Crippen molar-refractivity contribution in [2.45, 2.75) is 19.4 Å². The summed E-state index contributed by atoms with van der Waals surface area (Å²) >= 11 is 1.70. The van der Waals surface area contributed by atoms with Gasteiger partial charge in [-0.3, -0.25) is 4.79 Å². The summed E-state index contributed by atoms with van der Waals surface area (Å²) in [4.78, 5) is 13.5. The van der Waals surface area contributed by atoms with E-state index in [2.05, 4.69) is 22.1 Å². The Morgan fingerprint density at radius 1 is 1.41 bits per heavy atom. The molecule has 2 bridgehead atoms. The minimum Gasteiger partial charge on any atom is -0.351 e. The highest BCUT2D eigenvalue weighted by Gasteiger charge is 2.42. The molecule has 3 rings (SSSR count). The molecule has 0 unspecified atom stereocenters. The van der Waals surface area contributed by atoms with Gasteiger partial charge >= 0.3 is 0 Å². The quantitative estimate of drug-likeness (QED) is 0.855. The van der Waals surface area contributed by atoms with Gasteiger partial charge in [0.05, 0.1) is 6.54 Å². The average molecular weight is 250 g/mol. The Morgan fingerprint density at radius 2 is 2.18 bits per heavy atom. The highest BCUT2D eigenvalue weighted by Crippen LogP contribution is 2.39. The van der Waals surface area contributed by atoms with Gasteiger partial charge in [0.1, 0.15) is 0 Å². The molecule has 4 heteroatoms. The molecule has 2 aliphatic rings. The molecule has 17 heavy (non-hydrogen) atoms. The van der Waals surface area contributed by atoms with Crippen LogP contribution in [-0.4, -0.2) is 19.0 Å². The molecule has 1 amide bonds. The lowest BCUT2D eigenvalue weighted by Gasteiger charge is -2.29. The molecule has 2 fully saturated rings. The van der Waals surface area contributed by atoms with E-state index in [1.165, 1.54) is 17.7 Å². The number of hydrogen-bond donors (Lipinski definition) is 2. The Labute approximate surface area is 106 Å². The summed E-state index contributed by atoms with van der Waals surface area (Å²) < 4.78 is 0. The molecule has 1 saturated carbocycles. The molecule has 2 atom stereocenters. The van der Waals surface area contributed by atoms with Crippen molar-refractivity contribution in [1.29, 1.82) is 0 Å². The number of amides is 1. The van der Waals surface area contributed by atoms with Gasteiger partial charge in [0.2, 0.25) is 5.91 Å². The van der Waals surface area contributed by atoms with Gasteiger partial charge in [-0.2, -0.15) is 0 Å². The zero-order valence-electron chi connectivity index (χ0n) is 9.82. The van der Waals surface area contributed by atoms with Gasteiger partial charge in [-0.25, -0.2) is 0 Å². The number of carbonyl (C=O) groups is 1. The first-order valence-electron chi connectivity index (χ1n) is 6.35. The van der Waals surface area contributed by atoms with Crippen molar-refractivity contribution in [1.82, 2.24) is 10.6 Å². The average Bonchev–Trinajstić information content (AvgIpc) is 2.93. The van der Waals surface area contributed by atoms with Crippen molar-refractivity contribution < 1.29 is 4.79 Å². The Bertz CT molecular complexity index is 374. The third kappa shape index (κ3) is 2.24. The largest absolute Gasteiger partial charge is 0.351 e. The summed E-state index contributed by atoms with van der Waals surface area (Å²) in [5.74, 6) is 1.66. The molecule has 0 aromatic carbocycles. The first kappa shape index (κ1) is 11.2. The van der Waals surface area contributed by atoms with Crippen molar-refractivity contribution in [3.63, 3.8) is 0 Å². The molecule has 0 spiro atoms. The van der Waals surface area contributed by atoms with E-state index in [1.54, 1.807) is 11.3 Å². The second-order valence-electron chi connectivity index (χ2n) is 5.08. The minimum absolute atomic E-state index is 0.260. The minimum atomic E-state index is 0.260. The van der Waals surface area contributed by atoms with Crippen molar-refractivity contribution in [2.24, 2.45) is 17.8 Å². The van der Waals surface area contributed by atoms with Crippen LogP contribution in [0, 0.1) is 17.8 Å². The summed E-state index contributed by atoms with van der Waals surface area (Å²) in [6.45, 7) is 2.74. The van der Waals surface area contributed by atoms with E-state index in [-0.39, 0.29) is 11.8 Å². The van der Waals surface area contributed by atoms with E-state index in [1.807, 2.05) is 6.07 Å². The molecule has 92 valence electrons. The maximum Gasteiger partial charge on any atom is 0.224 e. The van der Waals surface area contributed by atoms with Gasteiger partial charge in [-0.15, -0.1) is 11.3 Å². The lowest BCUT2D eigenvalue weighted by molar-refractivity contribution is -0.128. The molecule has 1 aliphatic heterocycles. The Morgan fingerprint density at radius 3 is 2.82 bits per heavy atom. The summed E-state index contributed by atoms with van der Waals surface area (Å²) in [5.41, 5.74) is 0. The topological polar surface area (TPSA) is 41.1 Å². The number of piperidine rings is 1. The normalized spacial score (nSPS) is 31.4. The maximum atomic E-state index is 12.2. The summed E-state index contributed by atoms with van der Waals surface area (Å²) in [6, 6.07) is 4.10. The molecule has 1 aromatic rings. The van der Waals surface area contributed by atoms with Crippen LogP contribution in [0.25, 0.3) is 0 Å². The second-order valence-corrected chi connectivity index (χ2v) is 6.11. The van der Waals surface area contributed by atoms with Gasteiger partial charge in [0.25, 0.3) is 0 Å². The van der Waals surface area contributed by atoms with Crippen molar-refractivity contribution in [2.75, 3.05) is 13.1 Å². The Balaban J connectivity index is 1.59. The molecule has 2 heterocycles. The fraction of sp³-hybridized carbons (Fsp3) is 0.615. The zero-order chi connectivity index (χ0) is 11.7. The number of rotatable bonds is 3. The first-order valence-corrected chi connectivity index (χ1v) is 7.23. The molecule has 1 aliphatic carbocycles. The fourth-order valence-electron chi connectivity index (χ4n) is 3.22. The molecule has 0 radical (unpaired) electrons.